The monoisotopic (exact) mass is 214 g/mol. The fraction of sp³-hybridized carbons (Fsp3) is 0.333. The minimum atomic E-state index is -0.962. The molecule has 1 rings (SSSR count). The number of carbonyl (C=O) groups excluding carboxylic acids is 2. The summed E-state index contributed by atoms with van der Waals surface area (Å²) in [5.41, 5.74) is 0.605. The second-order valence-electron chi connectivity index (χ2n) is 2.54. The first-order valence-electron chi connectivity index (χ1n) is 3.88. The number of ether oxygens (including phenoxy) is 2. The molecule has 1 heterocycles. The van der Waals surface area contributed by atoms with E-state index in [1.807, 2.05) is 0 Å². The summed E-state index contributed by atoms with van der Waals surface area (Å²) in [5, 5.41) is 3.51. The molecule has 76 valence electrons. The number of hydrogen-bond donors (Lipinski definition) is 0. The Kier molecular flexibility index (Phi) is 3.64. The van der Waals surface area contributed by atoms with Gasteiger partial charge in [0.05, 0.1) is 14.2 Å². The maximum absolute atomic E-state index is 11.3. The molecule has 0 aliphatic heterocycles. The normalized spacial score (nSPS) is 9.93. The van der Waals surface area contributed by atoms with Crippen LogP contribution in [-0.2, 0) is 19.1 Å². The van der Waals surface area contributed by atoms with Gasteiger partial charge in [-0.1, -0.05) is 0 Å². The van der Waals surface area contributed by atoms with Crippen LogP contribution in [0.3, 0.4) is 0 Å². The SMILES string of the molecule is COC(=O)C(C(=O)OC)c1ccsc1. The van der Waals surface area contributed by atoms with Gasteiger partial charge in [-0.2, -0.15) is 11.3 Å². The molecular weight excluding hydrogens is 204 g/mol. The molecule has 0 amide bonds. The fourth-order valence-electron chi connectivity index (χ4n) is 1.04. The van der Waals surface area contributed by atoms with E-state index in [-0.39, 0.29) is 0 Å². The van der Waals surface area contributed by atoms with Gasteiger partial charge < -0.3 is 9.47 Å². The second kappa shape index (κ2) is 4.76. The topological polar surface area (TPSA) is 52.6 Å². The highest BCUT2D eigenvalue weighted by atomic mass is 32.1. The lowest BCUT2D eigenvalue weighted by atomic mass is 10.0. The summed E-state index contributed by atoms with van der Waals surface area (Å²) in [6, 6.07) is 1.70. The highest BCUT2D eigenvalue weighted by Gasteiger charge is 2.30. The molecule has 0 aliphatic carbocycles. The van der Waals surface area contributed by atoms with Crippen molar-refractivity contribution in [3.63, 3.8) is 0 Å². The Morgan fingerprint density at radius 3 is 2.21 bits per heavy atom. The summed E-state index contributed by atoms with van der Waals surface area (Å²) < 4.78 is 9.05. The zero-order valence-corrected chi connectivity index (χ0v) is 8.67. The van der Waals surface area contributed by atoms with E-state index in [4.69, 9.17) is 0 Å². The average molecular weight is 214 g/mol. The first-order valence-corrected chi connectivity index (χ1v) is 4.82. The first kappa shape index (κ1) is 10.7. The van der Waals surface area contributed by atoms with Crippen molar-refractivity contribution < 1.29 is 19.1 Å². The first-order chi connectivity index (χ1) is 6.70. The third kappa shape index (κ3) is 2.11. The molecule has 0 fully saturated rings. The van der Waals surface area contributed by atoms with Crippen molar-refractivity contribution >= 4 is 23.3 Å². The summed E-state index contributed by atoms with van der Waals surface area (Å²) >= 11 is 1.41. The number of thiophene rings is 1. The Morgan fingerprint density at radius 1 is 1.29 bits per heavy atom. The molecule has 0 saturated heterocycles. The Morgan fingerprint density at radius 2 is 1.86 bits per heavy atom. The van der Waals surface area contributed by atoms with Crippen LogP contribution >= 0.6 is 11.3 Å². The van der Waals surface area contributed by atoms with E-state index in [1.165, 1.54) is 25.6 Å². The number of hydrogen-bond acceptors (Lipinski definition) is 5. The lowest BCUT2D eigenvalue weighted by Gasteiger charge is -2.10. The molecule has 1 aromatic heterocycles. The van der Waals surface area contributed by atoms with Crippen LogP contribution in [0.4, 0.5) is 0 Å². The van der Waals surface area contributed by atoms with Crippen LogP contribution in [0.25, 0.3) is 0 Å². The largest absolute Gasteiger partial charge is 0.468 e. The molecule has 0 saturated carbocycles. The van der Waals surface area contributed by atoms with Gasteiger partial charge in [0.2, 0.25) is 0 Å². The highest BCUT2D eigenvalue weighted by Crippen LogP contribution is 2.21. The van der Waals surface area contributed by atoms with Gasteiger partial charge in [-0.3, -0.25) is 9.59 Å². The quantitative estimate of drug-likeness (QED) is 0.560. The lowest BCUT2D eigenvalue weighted by molar-refractivity contribution is -0.154. The van der Waals surface area contributed by atoms with E-state index in [9.17, 15) is 9.59 Å². The Labute approximate surface area is 85.4 Å². The third-order valence-electron chi connectivity index (χ3n) is 1.75. The van der Waals surface area contributed by atoms with Crippen molar-refractivity contribution in [3.8, 4) is 0 Å². The molecule has 0 aromatic carbocycles. The minimum Gasteiger partial charge on any atom is -0.468 e. The van der Waals surface area contributed by atoms with Crippen LogP contribution in [0.2, 0.25) is 0 Å². The predicted molar refractivity (Wildman–Crippen MR) is 51.1 cm³/mol. The van der Waals surface area contributed by atoms with Crippen LogP contribution < -0.4 is 0 Å². The summed E-state index contributed by atoms with van der Waals surface area (Å²) in [4.78, 5) is 22.6. The van der Waals surface area contributed by atoms with E-state index in [0.717, 1.165) is 0 Å². The van der Waals surface area contributed by atoms with E-state index < -0.39 is 17.9 Å². The number of carbonyl (C=O) groups is 2. The zero-order valence-electron chi connectivity index (χ0n) is 7.85. The van der Waals surface area contributed by atoms with Gasteiger partial charge >= 0.3 is 11.9 Å². The van der Waals surface area contributed by atoms with Crippen LogP contribution in [0.1, 0.15) is 11.5 Å². The van der Waals surface area contributed by atoms with Crippen molar-refractivity contribution in [2.75, 3.05) is 14.2 Å². The summed E-state index contributed by atoms with van der Waals surface area (Å²) in [5.74, 6) is -2.17. The molecule has 0 bridgehead atoms. The van der Waals surface area contributed by atoms with Crippen molar-refractivity contribution in [3.05, 3.63) is 22.4 Å². The standard InChI is InChI=1S/C9H10O4S/c1-12-8(10)7(9(11)13-2)6-3-4-14-5-6/h3-5,7H,1-2H3. The molecule has 0 atom stereocenters. The molecule has 0 spiro atoms. The summed E-state index contributed by atoms with van der Waals surface area (Å²) in [6.45, 7) is 0. The van der Waals surface area contributed by atoms with E-state index >= 15 is 0 Å². The Balaban J connectivity index is 2.94. The van der Waals surface area contributed by atoms with E-state index in [1.54, 1.807) is 16.8 Å². The van der Waals surface area contributed by atoms with Crippen LogP contribution in [0, 0.1) is 0 Å². The molecule has 0 N–H and O–H groups in total. The molecule has 14 heavy (non-hydrogen) atoms. The molecule has 5 heteroatoms. The smallest absolute Gasteiger partial charge is 0.324 e. The lowest BCUT2D eigenvalue weighted by Crippen LogP contribution is -2.23. The van der Waals surface area contributed by atoms with Crippen molar-refractivity contribution in [1.82, 2.24) is 0 Å². The minimum absolute atomic E-state index is 0.602. The van der Waals surface area contributed by atoms with Crippen LogP contribution in [-0.4, -0.2) is 26.2 Å². The maximum atomic E-state index is 11.3. The zero-order chi connectivity index (χ0) is 10.6. The number of methoxy groups -OCH3 is 2. The molecule has 0 radical (unpaired) electrons. The van der Waals surface area contributed by atoms with Gasteiger partial charge in [0.1, 0.15) is 0 Å². The van der Waals surface area contributed by atoms with Crippen molar-refractivity contribution in [2.45, 2.75) is 5.92 Å². The summed E-state index contributed by atoms with van der Waals surface area (Å²) in [6.07, 6.45) is 0. The molecule has 1 aromatic rings. The van der Waals surface area contributed by atoms with Crippen molar-refractivity contribution in [1.29, 1.82) is 0 Å². The van der Waals surface area contributed by atoms with Gasteiger partial charge in [0.25, 0.3) is 0 Å². The van der Waals surface area contributed by atoms with Gasteiger partial charge in [0, 0.05) is 0 Å². The Hall–Kier alpha value is -1.36. The second-order valence-corrected chi connectivity index (χ2v) is 3.32. The van der Waals surface area contributed by atoms with Crippen LogP contribution in [0.15, 0.2) is 16.8 Å². The molecule has 0 aliphatic rings. The highest BCUT2D eigenvalue weighted by molar-refractivity contribution is 7.08. The van der Waals surface area contributed by atoms with Gasteiger partial charge in [-0.05, 0) is 22.4 Å². The third-order valence-corrected chi connectivity index (χ3v) is 2.45. The van der Waals surface area contributed by atoms with Gasteiger partial charge in [0.15, 0.2) is 5.92 Å². The van der Waals surface area contributed by atoms with Crippen molar-refractivity contribution in [2.24, 2.45) is 0 Å². The maximum Gasteiger partial charge on any atom is 0.324 e. The number of rotatable bonds is 3. The molecule has 4 nitrogen and oxygen atoms in total. The number of esters is 2. The summed E-state index contributed by atoms with van der Waals surface area (Å²) in [7, 11) is 2.48. The van der Waals surface area contributed by atoms with E-state index in [2.05, 4.69) is 9.47 Å². The predicted octanol–water partition coefficient (Wildman–Crippen LogP) is 1.18. The molecule has 0 unspecified atom stereocenters. The molecular formula is C9H10O4S. The van der Waals surface area contributed by atoms with E-state index in [0.29, 0.717) is 5.56 Å². The fourth-order valence-corrected chi connectivity index (χ4v) is 1.73. The van der Waals surface area contributed by atoms with Gasteiger partial charge in [-0.15, -0.1) is 0 Å². The average Bonchev–Trinajstić information content (AvgIpc) is 2.70. The van der Waals surface area contributed by atoms with Crippen LogP contribution in [0.5, 0.6) is 0 Å². The Bertz CT molecular complexity index is 302. The van der Waals surface area contributed by atoms with Gasteiger partial charge in [-0.25, -0.2) is 0 Å².